The molecule has 0 radical (unpaired) electrons. The maximum Gasteiger partial charge on any atom is 0.123 e. The summed E-state index contributed by atoms with van der Waals surface area (Å²) in [7, 11) is 0. The van der Waals surface area contributed by atoms with Crippen molar-refractivity contribution in [3.05, 3.63) is 29.6 Å². The van der Waals surface area contributed by atoms with Crippen LogP contribution in [0, 0.1) is 24.1 Å². The quantitative estimate of drug-likeness (QED) is 0.877. The van der Waals surface area contributed by atoms with Gasteiger partial charge in [0.05, 0.1) is 6.10 Å². The standard InChI is InChI=1S/C16H22FNO/c1-10-9-11(17)6-7-13(10)18-14-12-5-4-8-19-15(12)16(14,2)3/h6-7,9,12,14-15,18H,4-5,8H2,1-3H3. The molecule has 1 saturated heterocycles. The van der Waals surface area contributed by atoms with E-state index in [9.17, 15) is 4.39 Å². The van der Waals surface area contributed by atoms with Gasteiger partial charge in [-0.25, -0.2) is 4.39 Å². The first-order valence-electron chi connectivity index (χ1n) is 7.14. The zero-order chi connectivity index (χ0) is 13.6. The average Bonchev–Trinajstić information content (AvgIpc) is 2.37. The van der Waals surface area contributed by atoms with Crippen LogP contribution in [0.2, 0.25) is 0 Å². The van der Waals surface area contributed by atoms with E-state index >= 15 is 0 Å². The van der Waals surface area contributed by atoms with Crippen molar-refractivity contribution in [2.45, 2.75) is 45.8 Å². The lowest BCUT2D eigenvalue weighted by molar-refractivity contribution is -0.177. The molecule has 1 saturated carbocycles. The van der Waals surface area contributed by atoms with Crippen molar-refractivity contribution in [1.82, 2.24) is 0 Å². The van der Waals surface area contributed by atoms with Gasteiger partial charge in [0.25, 0.3) is 0 Å². The fourth-order valence-electron chi connectivity index (χ4n) is 3.77. The van der Waals surface area contributed by atoms with Crippen molar-refractivity contribution in [3.8, 4) is 0 Å². The number of ether oxygens (including phenoxy) is 1. The van der Waals surface area contributed by atoms with Crippen molar-refractivity contribution in [3.63, 3.8) is 0 Å². The lowest BCUT2D eigenvalue weighted by Crippen LogP contribution is -2.67. The molecule has 2 fully saturated rings. The molecule has 0 aromatic heterocycles. The van der Waals surface area contributed by atoms with E-state index in [1.54, 1.807) is 6.07 Å². The molecule has 1 N–H and O–H groups in total. The predicted molar refractivity (Wildman–Crippen MR) is 74.8 cm³/mol. The molecule has 1 aliphatic heterocycles. The molecule has 0 bridgehead atoms. The van der Waals surface area contributed by atoms with Crippen molar-refractivity contribution >= 4 is 5.69 Å². The van der Waals surface area contributed by atoms with Crippen molar-refractivity contribution in [1.29, 1.82) is 0 Å². The predicted octanol–water partition coefficient (Wildman–Crippen LogP) is 3.75. The van der Waals surface area contributed by atoms with E-state index in [-0.39, 0.29) is 11.2 Å². The third-order valence-corrected chi connectivity index (χ3v) is 4.83. The molecule has 1 heterocycles. The minimum atomic E-state index is -0.171. The average molecular weight is 263 g/mol. The zero-order valence-corrected chi connectivity index (χ0v) is 11.9. The van der Waals surface area contributed by atoms with Crippen LogP contribution in [0.3, 0.4) is 0 Å². The first-order valence-corrected chi connectivity index (χ1v) is 7.14. The lowest BCUT2D eigenvalue weighted by atomic mass is 9.55. The largest absolute Gasteiger partial charge is 0.381 e. The van der Waals surface area contributed by atoms with Gasteiger partial charge in [-0.2, -0.15) is 0 Å². The summed E-state index contributed by atoms with van der Waals surface area (Å²) in [6.07, 6.45) is 2.75. The number of hydrogen-bond donors (Lipinski definition) is 1. The number of hydrogen-bond acceptors (Lipinski definition) is 2. The molecule has 1 aromatic rings. The molecular formula is C16H22FNO. The van der Waals surface area contributed by atoms with E-state index in [0.717, 1.165) is 24.3 Å². The van der Waals surface area contributed by atoms with Gasteiger partial charge in [0, 0.05) is 29.7 Å². The molecule has 104 valence electrons. The highest BCUT2D eigenvalue weighted by molar-refractivity contribution is 5.52. The van der Waals surface area contributed by atoms with Crippen LogP contribution in [0.4, 0.5) is 10.1 Å². The molecule has 0 amide bonds. The van der Waals surface area contributed by atoms with Gasteiger partial charge >= 0.3 is 0 Å². The molecule has 0 spiro atoms. The van der Waals surface area contributed by atoms with Gasteiger partial charge in [0.15, 0.2) is 0 Å². The number of aryl methyl sites for hydroxylation is 1. The van der Waals surface area contributed by atoms with E-state index in [1.807, 2.05) is 13.0 Å². The molecule has 2 nitrogen and oxygen atoms in total. The Morgan fingerprint density at radius 3 is 2.89 bits per heavy atom. The molecule has 2 aliphatic rings. The number of fused-ring (bicyclic) bond motifs is 1. The van der Waals surface area contributed by atoms with Gasteiger partial charge in [-0.1, -0.05) is 13.8 Å². The lowest BCUT2D eigenvalue weighted by Gasteiger charge is -2.60. The molecule has 1 aromatic carbocycles. The first kappa shape index (κ1) is 12.9. The number of anilines is 1. The third-order valence-electron chi connectivity index (χ3n) is 4.83. The van der Waals surface area contributed by atoms with E-state index in [4.69, 9.17) is 4.74 Å². The molecule has 19 heavy (non-hydrogen) atoms. The monoisotopic (exact) mass is 263 g/mol. The van der Waals surface area contributed by atoms with Crippen LogP contribution < -0.4 is 5.32 Å². The minimum Gasteiger partial charge on any atom is -0.381 e. The number of halogens is 1. The summed E-state index contributed by atoms with van der Waals surface area (Å²) in [6, 6.07) is 5.37. The van der Waals surface area contributed by atoms with Crippen molar-refractivity contribution in [2.24, 2.45) is 11.3 Å². The molecule has 3 rings (SSSR count). The SMILES string of the molecule is Cc1cc(F)ccc1NC1C2CCCOC2C1(C)C. The third kappa shape index (κ3) is 2.04. The van der Waals surface area contributed by atoms with Crippen LogP contribution in [0.15, 0.2) is 18.2 Å². The summed E-state index contributed by atoms with van der Waals surface area (Å²) >= 11 is 0. The van der Waals surface area contributed by atoms with Gasteiger partial charge in [-0.15, -0.1) is 0 Å². The smallest absolute Gasteiger partial charge is 0.123 e. The highest BCUT2D eigenvalue weighted by Crippen LogP contribution is 2.52. The fourth-order valence-corrected chi connectivity index (χ4v) is 3.77. The van der Waals surface area contributed by atoms with Crippen LogP contribution in [0.1, 0.15) is 32.3 Å². The Hall–Kier alpha value is -1.09. The summed E-state index contributed by atoms with van der Waals surface area (Å²) in [6.45, 7) is 7.37. The molecule has 3 unspecified atom stereocenters. The fraction of sp³-hybridized carbons (Fsp3) is 0.625. The Bertz CT molecular complexity index is 486. The van der Waals surface area contributed by atoms with Crippen LogP contribution in [-0.2, 0) is 4.74 Å². The Kier molecular flexibility index (Phi) is 3.05. The van der Waals surface area contributed by atoms with Gasteiger partial charge in [0.2, 0.25) is 0 Å². The summed E-state index contributed by atoms with van der Waals surface area (Å²) in [5.74, 6) is 0.419. The maximum absolute atomic E-state index is 13.2. The number of nitrogens with one attached hydrogen (secondary N) is 1. The Labute approximate surface area is 114 Å². The van der Waals surface area contributed by atoms with Crippen LogP contribution in [0.25, 0.3) is 0 Å². The second-order valence-corrected chi connectivity index (χ2v) is 6.50. The van der Waals surface area contributed by atoms with Crippen molar-refractivity contribution < 1.29 is 9.13 Å². The number of benzene rings is 1. The molecule has 1 aliphatic carbocycles. The van der Waals surface area contributed by atoms with Gasteiger partial charge < -0.3 is 10.1 Å². The summed E-state index contributed by atoms with van der Waals surface area (Å²) in [5.41, 5.74) is 2.16. The van der Waals surface area contributed by atoms with Crippen LogP contribution in [-0.4, -0.2) is 18.8 Å². The van der Waals surface area contributed by atoms with Gasteiger partial charge in [0.1, 0.15) is 5.82 Å². The second-order valence-electron chi connectivity index (χ2n) is 6.50. The Morgan fingerprint density at radius 2 is 2.16 bits per heavy atom. The summed E-state index contributed by atoms with van der Waals surface area (Å²) in [4.78, 5) is 0. The van der Waals surface area contributed by atoms with Crippen LogP contribution >= 0.6 is 0 Å². The Morgan fingerprint density at radius 1 is 1.37 bits per heavy atom. The van der Waals surface area contributed by atoms with E-state index in [0.29, 0.717) is 18.1 Å². The van der Waals surface area contributed by atoms with Gasteiger partial charge in [-0.05, 0) is 43.5 Å². The maximum atomic E-state index is 13.2. The summed E-state index contributed by atoms with van der Waals surface area (Å²) < 4.78 is 19.1. The highest BCUT2D eigenvalue weighted by Gasteiger charge is 2.57. The molecule has 3 atom stereocenters. The zero-order valence-electron chi connectivity index (χ0n) is 11.9. The summed E-state index contributed by atoms with van der Waals surface area (Å²) in [5, 5.41) is 3.62. The Balaban J connectivity index is 1.79. The molecule has 3 heteroatoms. The highest BCUT2D eigenvalue weighted by atomic mass is 19.1. The van der Waals surface area contributed by atoms with Gasteiger partial charge in [-0.3, -0.25) is 0 Å². The van der Waals surface area contributed by atoms with Crippen LogP contribution in [0.5, 0.6) is 0 Å². The van der Waals surface area contributed by atoms with Crippen molar-refractivity contribution in [2.75, 3.05) is 11.9 Å². The topological polar surface area (TPSA) is 21.3 Å². The van der Waals surface area contributed by atoms with E-state index < -0.39 is 0 Å². The van der Waals surface area contributed by atoms with E-state index in [2.05, 4.69) is 19.2 Å². The first-order chi connectivity index (χ1) is 9.00. The number of rotatable bonds is 2. The normalized spacial score (nSPS) is 32.3. The molecular weight excluding hydrogens is 241 g/mol. The second kappa shape index (κ2) is 4.48. The van der Waals surface area contributed by atoms with E-state index in [1.165, 1.54) is 12.5 Å². The minimum absolute atomic E-state index is 0.145.